The number of rotatable bonds is 3. The van der Waals surface area contributed by atoms with Gasteiger partial charge >= 0.3 is 0 Å². The quantitative estimate of drug-likeness (QED) is 0.793. The summed E-state index contributed by atoms with van der Waals surface area (Å²) in [5.41, 5.74) is 5.97. The average molecular weight is 225 g/mol. The van der Waals surface area contributed by atoms with Gasteiger partial charge in [0.2, 0.25) is 0 Å². The highest BCUT2D eigenvalue weighted by Gasteiger charge is 2.33. The zero-order valence-corrected chi connectivity index (χ0v) is 9.74. The number of nitrogens with zero attached hydrogens (tertiary/aromatic N) is 2. The van der Waals surface area contributed by atoms with E-state index >= 15 is 0 Å². The first kappa shape index (κ1) is 11.5. The summed E-state index contributed by atoms with van der Waals surface area (Å²) in [6.07, 6.45) is 6.68. The van der Waals surface area contributed by atoms with Gasteiger partial charge in [-0.2, -0.15) is 4.98 Å². The molecule has 0 bridgehead atoms. The molecule has 0 saturated heterocycles. The first-order valence-corrected chi connectivity index (χ1v) is 5.85. The Balaban J connectivity index is 2.13. The lowest BCUT2D eigenvalue weighted by atomic mass is 9.91. The van der Waals surface area contributed by atoms with Crippen LogP contribution in [0, 0.1) is 0 Å². The van der Waals surface area contributed by atoms with Gasteiger partial charge in [0.05, 0.1) is 5.54 Å². The van der Waals surface area contributed by atoms with E-state index in [4.69, 9.17) is 15.0 Å². The standard InChI is InChI=1S/C11H19N3O2/c1-15-8-9-13-10(14-16-9)11(12)6-4-2-3-5-7-11/h2-8,12H2,1H3. The molecular weight excluding hydrogens is 206 g/mol. The Hall–Kier alpha value is -0.940. The molecule has 0 spiro atoms. The monoisotopic (exact) mass is 225 g/mol. The fraction of sp³-hybridized carbons (Fsp3) is 0.818. The van der Waals surface area contributed by atoms with Gasteiger partial charge in [0, 0.05) is 7.11 Å². The Morgan fingerprint density at radius 1 is 1.31 bits per heavy atom. The van der Waals surface area contributed by atoms with Crippen molar-refractivity contribution in [3.8, 4) is 0 Å². The summed E-state index contributed by atoms with van der Waals surface area (Å²) in [5.74, 6) is 1.15. The number of hydrogen-bond acceptors (Lipinski definition) is 5. The van der Waals surface area contributed by atoms with Gasteiger partial charge in [-0.1, -0.05) is 30.8 Å². The van der Waals surface area contributed by atoms with Crippen LogP contribution >= 0.6 is 0 Å². The molecule has 0 unspecified atom stereocenters. The van der Waals surface area contributed by atoms with Crippen LogP contribution in [0.15, 0.2) is 4.52 Å². The molecule has 5 heteroatoms. The van der Waals surface area contributed by atoms with E-state index in [0.29, 0.717) is 18.3 Å². The highest BCUT2D eigenvalue weighted by molar-refractivity contribution is 5.04. The molecule has 90 valence electrons. The lowest BCUT2D eigenvalue weighted by Gasteiger charge is -2.23. The normalized spacial score (nSPS) is 20.6. The summed E-state index contributed by atoms with van der Waals surface area (Å²) >= 11 is 0. The molecule has 16 heavy (non-hydrogen) atoms. The fourth-order valence-electron chi connectivity index (χ4n) is 2.22. The molecular formula is C11H19N3O2. The number of ether oxygens (including phenoxy) is 1. The maximum Gasteiger partial charge on any atom is 0.252 e. The number of nitrogens with two attached hydrogens (primary N) is 1. The van der Waals surface area contributed by atoms with Crippen LogP contribution in [0.5, 0.6) is 0 Å². The van der Waals surface area contributed by atoms with E-state index in [1.165, 1.54) is 12.8 Å². The van der Waals surface area contributed by atoms with Crippen LogP contribution in [-0.2, 0) is 16.9 Å². The first-order chi connectivity index (χ1) is 7.74. The number of aromatic nitrogens is 2. The smallest absolute Gasteiger partial charge is 0.252 e. The summed E-state index contributed by atoms with van der Waals surface area (Å²) < 4.78 is 10.0. The summed E-state index contributed by atoms with van der Waals surface area (Å²) in [6, 6.07) is 0. The molecule has 0 atom stereocenters. The molecule has 1 saturated carbocycles. The van der Waals surface area contributed by atoms with Crippen LogP contribution < -0.4 is 5.73 Å². The third-order valence-electron chi connectivity index (χ3n) is 3.18. The summed E-state index contributed by atoms with van der Waals surface area (Å²) in [4.78, 5) is 4.31. The summed E-state index contributed by atoms with van der Waals surface area (Å²) in [6.45, 7) is 0.350. The van der Waals surface area contributed by atoms with Crippen LogP contribution in [0.3, 0.4) is 0 Å². The van der Waals surface area contributed by atoms with E-state index in [1.807, 2.05) is 0 Å². The van der Waals surface area contributed by atoms with Crippen molar-refractivity contribution >= 4 is 0 Å². The predicted octanol–water partition coefficient (Wildman–Crippen LogP) is 1.72. The van der Waals surface area contributed by atoms with Crippen LogP contribution in [0.2, 0.25) is 0 Å². The Morgan fingerprint density at radius 2 is 2.00 bits per heavy atom. The van der Waals surface area contributed by atoms with E-state index < -0.39 is 5.54 Å². The molecule has 2 rings (SSSR count). The largest absolute Gasteiger partial charge is 0.375 e. The number of methoxy groups -OCH3 is 1. The van der Waals surface area contributed by atoms with Crippen molar-refractivity contribution in [2.45, 2.75) is 50.7 Å². The van der Waals surface area contributed by atoms with Crippen molar-refractivity contribution in [3.05, 3.63) is 11.7 Å². The SMILES string of the molecule is COCc1nc(C2(N)CCCCCC2)no1. The van der Waals surface area contributed by atoms with Gasteiger partial charge < -0.3 is 15.0 Å². The molecule has 0 aliphatic heterocycles. The van der Waals surface area contributed by atoms with Crippen molar-refractivity contribution in [1.82, 2.24) is 10.1 Å². The zero-order chi connectivity index (χ0) is 11.4. The van der Waals surface area contributed by atoms with E-state index in [1.54, 1.807) is 7.11 Å². The van der Waals surface area contributed by atoms with Crippen molar-refractivity contribution in [2.75, 3.05) is 7.11 Å². The van der Waals surface area contributed by atoms with E-state index in [-0.39, 0.29) is 0 Å². The average Bonchev–Trinajstić information content (AvgIpc) is 2.63. The van der Waals surface area contributed by atoms with Crippen LogP contribution in [0.1, 0.15) is 50.2 Å². The minimum Gasteiger partial charge on any atom is -0.375 e. The predicted molar refractivity (Wildman–Crippen MR) is 58.6 cm³/mol. The molecule has 2 N–H and O–H groups in total. The van der Waals surface area contributed by atoms with Gasteiger partial charge in [-0.25, -0.2) is 0 Å². The maximum absolute atomic E-state index is 6.36. The minimum absolute atomic E-state index is 0.350. The lowest BCUT2D eigenvalue weighted by Crippen LogP contribution is -2.37. The molecule has 1 aromatic heterocycles. The Morgan fingerprint density at radius 3 is 2.62 bits per heavy atom. The molecule has 0 radical (unpaired) electrons. The topological polar surface area (TPSA) is 74.2 Å². The van der Waals surface area contributed by atoms with Crippen molar-refractivity contribution < 1.29 is 9.26 Å². The molecule has 1 aromatic rings. The van der Waals surface area contributed by atoms with Gasteiger partial charge in [0.25, 0.3) is 5.89 Å². The van der Waals surface area contributed by atoms with E-state index in [0.717, 1.165) is 25.7 Å². The molecule has 5 nitrogen and oxygen atoms in total. The van der Waals surface area contributed by atoms with Gasteiger partial charge in [-0.05, 0) is 12.8 Å². The van der Waals surface area contributed by atoms with Gasteiger partial charge in [0.1, 0.15) is 6.61 Å². The maximum atomic E-state index is 6.36. The first-order valence-electron chi connectivity index (χ1n) is 5.85. The fourth-order valence-corrected chi connectivity index (χ4v) is 2.22. The van der Waals surface area contributed by atoms with Crippen LogP contribution in [-0.4, -0.2) is 17.3 Å². The van der Waals surface area contributed by atoms with Gasteiger partial charge in [-0.15, -0.1) is 0 Å². The molecule has 1 fully saturated rings. The lowest BCUT2D eigenvalue weighted by molar-refractivity contribution is 0.151. The Kier molecular flexibility index (Phi) is 3.56. The van der Waals surface area contributed by atoms with Crippen LogP contribution in [0.25, 0.3) is 0 Å². The number of hydrogen-bond donors (Lipinski definition) is 1. The van der Waals surface area contributed by atoms with E-state index in [9.17, 15) is 0 Å². The van der Waals surface area contributed by atoms with Crippen molar-refractivity contribution in [1.29, 1.82) is 0 Å². The highest BCUT2D eigenvalue weighted by atomic mass is 16.5. The zero-order valence-electron chi connectivity index (χ0n) is 9.74. The molecule has 1 heterocycles. The van der Waals surface area contributed by atoms with Crippen LogP contribution in [0.4, 0.5) is 0 Å². The second-order valence-corrected chi connectivity index (χ2v) is 4.52. The van der Waals surface area contributed by atoms with E-state index in [2.05, 4.69) is 10.1 Å². The second kappa shape index (κ2) is 4.93. The molecule has 0 aromatic carbocycles. The Bertz CT molecular complexity index is 330. The highest BCUT2D eigenvalue weighted by Crippen LogP contribution is 2.31. The van der Waals surface area contributed by atoms with Gasteiger partial charge in [-0.3, -0.25) is 0 Å². The summed E-state index contributed by atoms with van der Waals surface area (Å²) in [7, 11) is 1.60. The summed E-state index contributed by atoms with van der Waals surface area (Å²) in [5, 5.41) is 3.98. The van der Waals surface area contributed by atoms with Gasteiger partial charge in [0.15, 0.2) is 5.82 Å². The second-order valence-electron chi connectivity index (χ2n) is 4.52. The Labute approximate surface area is 95.3 Å². The third kappa shape index (κ3) is 2.41. The van der Waals surface area contributed by atoms with Crippen molar-refractivity contribution in [3.63, 3.8) is 0 Å². The van der Waals surface area contributed by atoms with Crippen molar-refractivity contribution in [2.24, 2.45) is 5.73 Å². The minimum atomic E-state index is -0.397. The third-order valence-corrected chi connectivity index (χ3v) is 3.18. The molecule has 0 amide bonds. The molecule has 1 aliphatic carbocycles. The molecule has 1 aliphatic rings.